The highest BCUT2D eigenvalue weighted by Gasteiger charge is 2.05. The monoisotopic (exact) mass is 361 g/mol. The van der Waals surface area contributed by atoms with Crippen LogP contribution in [-0.2, 0) is 6.42 Å². The standard InChI is InChI=1S/C22H23N3S/c1-3-19-15-24-16-20-9-10-21(13-22(19)20)26-25-17(2)14-23-12-11-18-7-5-4-6-8-18/h1,4-10,13,15-17,23,25H,11-12,14H2,2H3/t17-/m1/s1. The van der Waals surface area contributed by atoms with Crippen molar-refractivity contribution in [2.45, 2.75) is 24.3 Å². The molecule has 0 spiro atoms. The fourth-order valence-electron chi connectivity index (χ4n) is 2.73. The summed E-state index contributed by atoms with van der Waals surface area (Å²) in [7, 11) is 0. The molecule has 3 aromatic rings. The summed E-state index contributed by atoms with van der Waals surface area (Å²) in [6, 6.07) is 17.2. The van der Waals surface area contributed by atoms with E-state index in [1.807, 2.05) is 6.20 Å². The van der Waals surface area contributed by atoms with Gasteiger partial charge in [-0.25, -0.2) is 0 Å². The average molecular weight is 362 g/mol. The summed E-state index contributed by atoms with van der Waals surface area (Å²) in [4.78, 5) is 5.33. The van der Waals surface area contributed by atoms with Gasteiger partial charge in [-0.2, -0.15) is 0 Å². The Bertz CT molecular complexity index is 887. The van der Waals surface area contributed by atoms with Crippen molar-refractivity contribution in [3.63, 3.8) is 0 Å². The smallest absolute Gasteiger partial charge is 0.0504 e. The summed E-state index contributed by atoms with van der Waals surface area (Å²) in [5, 5.41) is 5.65. The van der Waals surface area contributed by atoms with Crippen LogP contribution < -0.4 is 10.0 Å². The highest BCUT2D eigenvalue weighted by molar-refractivity contribution is 7.97. The lowest BCUT2D eigenvalue weighted by Crippen LogP contribution is -2.33. The summed E-state index contributed by atoms with van der Waals surface area (Å²) < 4.78 is 3.49. The molecule has 3 rings (SSSR count). The number of terminal acetylenes is 1. The molecule has 0 saturated heterocycles. The molecule has 4 heteroatoms. The van der Waals surface area contributed by atoms with Crippen LogP contribution in [0, 0.1) is 12.3 Å². The Kier molecular flexibility index (Phi) is 6.68. The number of pyridine rings is 1. The zero-order valence-electron chi connectivity index (χ0n) is 14.9. The minimum absolute atomic E-state index is 0.357. The number of benzene rings is 2. The van der Waals surface area contributed by atoms with Gasteiger partial charge in [0.25, 0.3) is 0 Å². The van der Waals surface area contributed by atoms with Crippen LogP contribution in [0.25, 0.3) is 10.8 Å². The molecule has 2 N–H and O–H groups in total. The number of nitrogens with zero attached hydrogens (tertiary/aromatic N) is 1. The van der Waals surface area contributed by atoms with Crippen molar-refractivity contribution >= 4 is 22.7 Å². The van der Waals surface area contributed by atoms with E-state index in [4.69, 9.17) is 6.42 Å². The van der Waals surface area contributed by atoms with E-state index in [2.05, 4.69) is 76.4 Å². The quantitative estimate of drug-likeness (QED) is 0.361. The Morgan fingerprint density at radius 1 is 1.15 bits per heavy atom. The summed E-state index contributed by atoms with van der Waals surface area (Å²) in [6.45, 7) is 4.09. The Morgan fingerprint density at radius 3 is 2.81 bits per heavy atom. The van der Waals surface area contributed by atoms with Crippen LogP contribution in [-0.4, -0.2) is 24.1 Å². The second-order valence-corrected chi connectivity index (χ2v) is 7.19. The van der Waals surface area contributed by atoms with E-state index < -0.39 is 0 Å². The molecule has 0 fully saturated rings. The van der Waals surface area contributed by atoms with Crippen molar-refractivity contribution in [2.75, 3.05) is 13.1 Å². The first kappa shape index (κ1) is 18.5. The molecule has 2 aromatic carbocycles. The van der Waals surface area contributed by atoms with E-state index in [1.165, 1.54) is 5.56 Å². The van der Waals surface area contributed by atoms with Crippen LogP contribution >= 0.6 is 11.9 Å². The van der Waals surface area contributed by atoms with Gasteiger partial charge in [-0.15, -0.1) is 6.42 Å². The van der Waals surface area contributed by atoms with Crippen LogP contribution in [0.5, 0.6) is 0 Å². The highest BCUT2D eigenvalue weighted by Crippen LogP contribution is 2.23. The minimum atomic E-state index is 0.357. The molecule has 3 nitrogen and oxygen atoms in total. The van der Waals surface area contributed by atoms with Gasteiger partial charge in [0.1, 0.15) is 0 Å². The molecule has 0 saturated carbocycles. The molecular weight excluding hydrogens is 338 g/mol. The van der Waals surface area contributed by atoms with E-state index in [1.54, 1.807) is 18.1 Å². The molecule has 0 aliphatic heterocycles. The summed E-state index contributed by atoms with van der Waals surface area (Å²) >= 11 is 1.64. The van der Waals surface area contributed by atoms with Gasteiger partial charge in [0.05, 0.1) is 5.56 Å². The van der Waals surface area contributed by atoms with E-state index in [-0.39, 0.29) is 0 Å². The number of fused-ring (bicyclic) bond motifs is 1. The SMILES string of the molecule is C#Cc1cncc2ccc(SN[C@H](C)CNCCc3ccccc3)cc12. The molecule has 26 heavy (non-hydrogen) atoms. The van der Waals surface area contributed by atoms with Crippen molar-refractivity contribution in [3.05, 3.63) is 72.1 Å². The molecule has 0 aliphatic carbocycles. The second kappa shape index (κ2) is 9.40. The largest absolute Gasteiger partial charge is 0.315 e. The third-order valence-electron chi connectivity index (χ3n) is 4.15. The first-order chi connectivity index (χ1) is 12.8. The van der Waals surface area contributed by atoms with Gasteiger partial charge in [0.2, 0.25) is 0 Å². The molecule has 1 atom stereocenters. The molecule has 132 valence electrons. The molecule has 0 unspecified atom stereocenters. The zero-order chi connectivity index (χ0) is 18.2. The van der Waals surface area contributed by atoms with Gasteiger partial charge >= 0.3 is 0 Å². The number of rotatable bonds is 8. The van der Waals surface area contributed by atoms with E-state index >= 15 is 0 Å². The maximum absolute atomic E-state index is 5.58. The lowest BCUT2D eigenvalue weighted by Gasteiger charge is -2.14. The number of aromatic nitrogens is 1. The van der Waals surface area contributed by atoms with Crippen molar-refractivity contribution < 1.29 is 0 Å². The summed E-state index contributed by atoms with van der Waals surface area (Å²) in [5.41, 5.74) is 2.20. The van der Waals surface area contributed by atoms with Gasteiger partial charge in [-0.3, -0.25) is 9.71 Å². The van der Waals surface area contributed by atoms with Crippen LogP contribution in [0.1, 0.15) is 18.1 Å². The molecular formula is C22H23N3S. The maximum Gasteiger partial charge on any atom is 0.0504 e. The van der Waals surface area contributed by atoms with E-state index in [0.717, 1.165) is 40.7 Å². The van der Waals surface area contributed by atoms with Crippen molar-refractivity contribution in [1.82, 2.24) is 15.0 Å². The summed E-state index contributed by atoms with van der Waals surface area (Å²) in [5.74, 6) is 2.71. The number of hydrogen-bond donors (Lipinski definition) is 2. The van der Waals surface area contributed by atoms with E-state index in [9.17, 15) is 0 Å². The molecule has 0 amide bonds. The molecule has 0 radical (unpaired) electrons. The van der Waals surface area contributed by atoms with Gasteiger partial charge in [0, 0.05) is 40.6 Å². The highest BCUT2D eigenvalue weighted by atomic mass is 32.2. The Balaban J connectivity index is 1.46. The Hall–Kier alpha value is -2.32. The number of hydrogen-bond acceptors (Lipinski definition) is 4. The Morgan fingerprint density at radius 2 is 2.00 bits per heavy atom. The van der Waals surface area contributed by atoms with Crippen LogP contribution in [0.15, 0.2) is 65.8 Å². The lowest BCUT2D eigenvalue weighted by atomic mass is 10.1. The molecule has 0 bridgehead atoms. The Labute approximate surface area is 159 Å². The second-order valence-electron chi connectivity index (χ2n) is 6.28. The third-order valence-corrected chi connectivity index (χ3v) is 5.16. The fraction of sp³-hybridized carbons (Fsp3) is 0.227. The van der Waals surface area contributed by atoms with Crippen LogP contribution in [0.3, 0.4) is 0 Å². The first-order valence-corrected chi connectivity index (χ1v) is 9.59. The van der Waals surface area contributed by atoms with Gasteiger partial charge < -0.3 is 5.32 Å². The lowest BCUT2D eigenvalue weighted by molar-refractivity contribution is 0.586. The molecule has 1 aromatic heterocycles. The molecule has 1 heterocycles. The fourth-order valence-corrected chi connectivity index (χ4v) is 3.46. The van der Waals surface area contributed by atoms with Gasteiger partial charge in [-0.1, -0.05) is 42.3 Å². The van der Waals surface area contributed by atoms with Gasteiger partial charge in [0.15, 0.2) is 0 Å². The minimum Gasteiger partial charge on any atom is -0.315 e. The first-order valence-electron chi connectivity index (χ1n) is 8.77. The van der Waals surface area contributed by atoms with Gasteiger partial charge in [-0.05, 0) is 49.5 Å². The average Bonchev–Trinajstić information content (AvgIpc) is 2.70. The zero-order valence-corrected chi connectivity index (χ0v) is 15.7. The van der Waals surface area contributed by atoms with Crippen LogP contribution in [0.4, 0.5) is 0 Å². The normalized spacial score (nSPS) is 12.0. The predicted octanol–water partition coefficient (Wildman–Crippen LogP) is 4.03. The topological polar surface area (TPSA) is 37.0 Å². The van der Waals surface area contributed by atoms with Crippen LogP contribution in [0.2, 0.25) is 0 Å². The van der Waals surface area contributed by atoms with Crippen molar-refractivity contribution in [1.29, 1.82) is 0 Å². The van der Waals surface area contributed by atoms with Crippen molar-refractivity contribution in [2.24, 2.45) is 0 Å². The van der Waals surface area contributed by atoms with E-state index in [0.29, 0.717) is 6.04 Å². The summed E-state index contributed by atoms with van der Waals surface area (Å²) in [6.07, 6.45) is 10.2. The predicted molar refractivity (Wildman–Crippen MR) is 111 cm³/mol. The van der Waals surface area contributed by atoms with Crippen molar-refractivity contribution in [3.8, 4) is 12.3 Å². The molecule has 0 aliphatic rings. The number of nitrogens with one attached hydrogen (secondary N) is 2. The third kappa shape index (κ3) is 5.09. The maximum atomic E-state index is 5.58.